The van der Waals surface area contributed by atoms with Crippen molar-refractivity contribution in [3.63, 3.8) is 0 Å². The Morgan fingerprint density at radius 1 is 1.16 bits per heavy atom. The molecule has 0 saturated carbocycles. The highest BCUT2D eigenvalue weighted by Crippen LogP contribution is 2.36. The minimum Gasteiger partial charge on any atom is -0.495 e. The van der Waals surface area contributed by atoms with Crippen molar-refractivity contribution in [3.8, 4) is 11.5 Å². The van der Waals surface area contributed by atoms with Crippen LogP contribution < -0.4 is 14.8 Å². The van der Waals surface area contributed by atoms with E-state index >= 15 is 0 Å². The summed E-state index contributed by atoms with van der Waals surface area (Å²) in [7, 11) is 5.02. The highest BCUT2D eigenvalue weighted by atomic mass is 35.5. The van der Waals surface area contributed by atoms with Gasteiger partial charge in [-0.15, -0.1) is 0 Å². The van der Waals surface area contributed by atoms with Gasteiger partial charge in [0.1, 0.15) is 11.5 Å². The summed E-state index contributed by atoms with van der Waals surface area (Å²) in [6.07, 6.45) is 2.24. The average molecular weight is 359 g/mol. The van der Waals surface area contributed by atoms with Gasteiger partial charge in [0.05, 0.1) is 31.4 Å². The molecule has 6 heteroatoms. The zero-order chi connectivity index (χ0) is 18.0. The topological polar surface area (TPSA) is 52.5 Å². The second-order valence-electron chi connectivity index (χ2n) is 5.69. The van der Waals surface area contributed by atoms with Gasteiger partial charge in [-0.3, -0.25) is 4.79 Å². The molecule has 5 nitrogen and oxygen atoms in total. The van der Waals surface area contributed by atoms with Gasteiger partial charge >= 0.3 is 0 Å². The van der Waals surface area contributed by atoms with Crippen LogP contribution in [0.4, 0.5) is 5.69 Å². The number of nitrogens with one attached hydrogen (secondary N) is 1. The van der Waals surface area contributed by atoms with Gasteiger partial charge in [-0.05, 0) is 11.6 Å². The van der Waals surface area contributed by atoms with Gasteiger partial charge in [-0.2, -0.15) is 0 Å². The first kappa shape index (κ1) is 17.2. The smallest absolute Gasteiger partial charge is 0.228 e. The Balaban J connectivity index is 1.85. The second-order valence-corrected chi connectivity index (χ2v) is 6.10. The zero-order valence-electron chi connectivity index (χ0n) is 14.3. The molecule has 0 aliphatic carbocycles. The first-order valence-electron chi connectivity index (χ1n) is 7.77. The predicted octanol–water partition coefficient (Wildman–Crippen LogP) is 4.03. The number of hydrogen-bond donors (Lipinski definition) is 1. The first-order valence-corrected chi connectivity index (χ1v) is 8.15. The van der Waals surface area contributed by atoms with Crippen LogP contribution >= 0.6 is 11.6 Å². The molecule has 130 valence electrons. The molecule has 1 amide bonds. The van der Waals surface area contributed by atoms with Crippen LogP contribution in [0.2, 0.25) is 5.02 Å². The van der Waals surface area contributed by atoms with Gasteiger partial charge in [-0.1, -0.05) is 29.8 Å². The number of benzene rings is 2. The third kappa shape index (κ3) is 3.42. The van der Waals surface area contributed by atoms with E-state index in [4.69, 9.17) is 21.1 Å². The van der Waals surface area contributed by atoms with E-state index in [0.29, 0.717) is 22.2 Å². The number of anilines is 1. The van der Waals surface area contributed by atoms with E-state index in [1.165, 1.54) is 14.2 Å². The molecule has 2 aromatic carbocycles. The van der Waals surface area contributed by atoms with E-state index in [1.807, 2.05) is 42.1 Å². The van der Waals surface area contributed by atoms with E-state index in [0.717, 1.165) is 16.5 Å². The summed E-state index contributed by atoms with van der Waals surface area (Å²) >= 11 is 6.09. The molecule has 3 aromatic rings. The van der Waals surface area contributed by atoms with Crippen molar-refractivity contribution in [1.82, 2.24) is 4.57 Å². The molecule has 0 unspecified atom stereocenters. The van der Waals surface area contributed by atoms with Gasteiger partial charge in [0.25, 0.3) is 0 Å². The Morgan fingerprint density at radius 3 is 2.60 bits per heavy atom. The molecule has 0 radical (unpaired) electrons. The third-order valence-electron chi connectivity index (χ3n) is 4.08. The molecule has 0 aliphatic rings. The minimum atomic E-state index is -0.140. The highest BCUT2D eigenvalue weighted by Gasteiger charge is 2.15. The lowest BCUT2D eigenvalue weighted by Gasteiger charge is -2.13. The number of carbonyl (C=O) groups excluding carboxylic acids is 1. The number of amides is 1. The Hall–Kier alpha value is -2.66. The summed E-state index contributed by atoms with van der Waals surface area (Å²) in [6.45, 7) is 0. The number of nitrogens with zero attached hydrogens (tertiary/aromatic N) is 1. The van der Waals surface area contributed by atoms with Crippen LogP contribution in [-0.4, -0.2) is 24.7 Å². The maximum Gasteiger partial charge on any atom is 0.228 e. The van der Waals surface area contributed by atoms with Crippen LogP contribution in [0, 0.1) is 0 Å². The van der Waals surface area contributed by atoms with Crippen molar-refractivity contribution in [2.45, 2.75) is 6.42 Å². The van der Waals surface area contributed by atoms with Crippen molar-refractivity contribution < 1.29 is 14.3 Å². The molecule has 0 saturated heterocycles. The quantitative estimate of drug-likeness (QED) is 0.749. The number of para-hydroxylation sites is 1. The lowest BCUT2D eigenvalue weighted by molar-refractivity contribution is -0.115. The number of carbonyl (C=O) groups is 1. The summed E-state index contributed by atoms with van der Waals surface area (Å²) in [4.78, 5) is 12.5. The summed E-state index contributed by atoms with van der Waals surface area (Å²) < 4.78 is 12.5. The average Bonchev–Trinajstić information content (AvgIpc) is 2.92. The second kappa shape index (κ2) is 7.07. The molecule has 3 rings (SSSR count). The zero-order valence-corrected chi connectivity index (χ0v) is 15.1. The van der Waals surface area contributed by atoms with E-state index in [2.05, 4.69) is 5.32 Å². The standard InChI is InChI=1S/C19H19ClN2O3/c1-22-11-12(13-6-4-5-7-16(13)22)8-19(23)21-15-10-17(24-2)14(20)9-18(15)25-3/h4-7,9-11H,8H2,1-3H3,(H,21,23). The van der Waals surface area contributed by atoms with Crippen molar-refractivity contribution in [1.29, 1.82) is 0 Å². The third-order valence-corrected chi connectivity index (χ3v) is 4.37. The molecule has 0 fully saturated rings. The van der Waals surface area contributed by atoms with Crippen LogP contribution in [0.3, 0.4) is 0 Å². The Bertz CT molecular complexity index is 934. The number of rotatable bonds is 5. The fraction of sp³-hybridized carbons (Fsp3) is 0.211. The monoisotopic (exact) mass is 358 g/mol. The van der Waals surface area contributed by atoms with Crippen LogP contribution in [0.25, 0.3) is 10.9 Å². The maximum absolute atomic E-state index is 12.5. The van der Waals surface area contributed by atoms with Crippen molar-refractivity contribution in [3.05, 3.63) is 53.2 Å². The van der Waals surface area contributed by atoms with Crippen molar-refractivity contribution in [2.24, 2.45) is 7.05 Å². The van der Waals surface area contributed by atoms with E-state index < -0.39 is 0 Å². The van der Waals surface area contributed by atoms with Gasteiger partial charge in [-0.25, -0.2) is 0 Å². The Morgan fingerprint density at radius 2 is 1.88 bits per heavy atom. The van der Waals surface area contributed by atoms with Gasteiger partial charge < -0.3 is 19.4 Å². The van der Waals surface area contributed by atoms with Crippen molar-refractivity contribution >= 4 is 34.1 Å². The lowest BCUT2D eigenvalue weighted by atomic mass is 10.1. The molecule has 1 N–H and O–H groups in total. The Labute approximate surface area is 151 Å². The summed E-state index contributed by atoms with van der Waals surface area (Å²) in [5.74, 6) is 0.819. The summed E-state index contributed by atoms with van der Waals surface area (Å²) in [5.41, 5.74) is 2.58. The molecular formula is C19H19ClN2O3. The fourth-order valence-electron chi connectivity index (χ4n) is 2.89. The van der Waals surface area contributed by atoms with Gasteiger partial charge in [0.2, 0.25) is 5.91 Å². The van der Waals surface area contributed by atoms with Crippen LogP contribution in [0.5, 0.6) is 11.5 Å². The van der Waals surface area contributed by atoms with E-state index in [1.54, 1.807) is 12.1 Å². The number of aromatic nitrogens is 1. The summed E-state index contributed by atoms with van der Waals surface area (Å²) in [6, 6.07) is 11.3. The number of halogens is 1. The van der Waals surface area contributed by atoms with Crippen LogP contribution in [0.1, 0.15) is 5.56 Å². The Kier molecular flexibility index (Phi) is 4.86. The minimum absolute atomic E-state index is 0.140. The SMILES string of the molecule is COc1cc(NC(=O)Cc2cn(C)c3ccccc23)c(OC)cc1Cl. The molecule has 1 aromatic heterocycles. The molecule has 0 spiro atoms. The normalized spacial score (nSPS) is 10.7. The lowest BCUT2D eigenvalue weighted by Crippen LogP contribution is -2.15. The highest BCUT2D eigenvalue weighted by molar-refractivity contribution is 6.32. The molecular weight excluding hydrogens is 340 g/mol. The van der Waals surface area contributed by atoms with E-state index in [9.17, 15) is 4.79 Å². The number of fused-ring (bicyclic) bond motifs is 1. The first-order chi connectivity index (χ1) is 12.0. The summed E-state index contributed by atoms with van der Waals surface area (Å²) in [5, 5.41) is 4.37. The number of aryl methyl sites for hydroxylation is 1. The van der Waals surface area contributed by atoms with Crippen LogP contribution in [-0.2, 0) is 18.3 Å². The maximum atomic E-state index is 12.5. The number of methoxy groups -OCH3 is 2. The fourth-order valence-corrected chi connectivity index (χ4v) is 3.12. The predicted molar refractivity (Wildman–Crippen MR) is 99.8 cm³/mol. The van der Waals surface area contributed by atoms with Crippen LogP contribution in [0.15, 0.2) is 42.6 Å². The number of hydrogen-bond acceptors (Lipinski definition) is 3. The molecule has 0 aliphatic heterocycles. The number of ether oxygens (including phenoxy) is 2. The van der Waals surface area contributed by atoms with E-state index in [-0.39, 0.29) is 12.3 Å². The molecule has 0 bridgehead atoms. The van der Waals surface area contributed by atoms with Gasteiger partial charge in [0.15, 0.2) is 0 Å². The van der Waals surface area contributed by atoms with Crippen molar-refractivity contribution in [2.75, 3.05) is 19.5 Å². The van der Waals surface area contributed by atoms with Gasteiger partial charge in [0, 0.05) is 36.3 Å². The molecule has 1 heterocycles. The molecule has 0 atom stereocenters. The largest absolute Gasteiger partial charge is 0.495 e. The molecule has 25 heavy (non-hydrogen) atoms.